The van der Waals surface area contributed by atoms with Crippen molar-refractivity contribution in [3.05, 3.63) is 110 Å². The topological polar surface area (TPSA) is 65.7 Å². The summed E-state index contributed by atoms with van der Waals surface area (Å²) in [6.45, 7) is 5.74. The number of nitrogens with zero attached hydrogens (tertiary/aromatic N) is 3. The summed E-state index contributed by atoms with van der Waals surface area (Å²) < 4.78 is 27.2. The van der Waals surface area contributed by atoms with Crippen molar-refractivity contribution in [2.45, 2.75) is 20.0 Å². The summed E-state index contributed by atoms with van der Waals surface area (Å²) in [5.74, 6) is 1.18. The lowest BCUT2D eigenvalue weighted by atomic mass is 10.1. The first-order chi connectivity index (χ1) is 16.9. The molecule has 3 aromatic carbocycles. The molecule has 1 heterocycles. The first-order valence-corrected chi connectivity index (χ1v) is 11.6. The maximum atomic E-state index is 13.5. The van der Waals surface area contributed by atoms with Gasteiger partial charge in [-0.15, -0.1) is 6.58 Å². The largest absolute Gasteiger partial charge is 0.493 e. The smallest absolute Gasteiger partial charge is 0.282 e. The maximum Gasteiger partial charge on any atom is 0.282 e. The number of ether oxygens (including phenoxy) is 2. The molecule has 0 spiro atoms. The Balaban J connectivity index is 1.69. The van der Waals surface area contributed by atoms with Gasteiger partial charge in [-0.3, -0.25) is 4.79 Å². The Morgan fingerprint density at radius 1 is 1.20 bits per heavy atom. The van der Waals surface area contributed by atoms with E-state index in [1.165, 1.54) is 16.8 Å². The van der Waals surface area contributed by atoms with Gasteiger partial charge in [0.2, 0.25) is 0 Å². The van der Waals surface area contributed by atoms with Crippen LogP contribution in [0.25, 0.3) is 10.9 Å². The van der Waals surface area contributed by atoms with Crippen LogP contribution in [0.15, 0.2) is 81.6 Å². The molecular weight excluding hydrogens is 513 g/mol. The number of hydrogen-bond donors (Lipinski definition) is 0. The third kappa shape index (κ3) is 5.49. The van der Waals surface area contributed by atoms with E-state index in [0.717, 1.165) is 10.0 Å². The molecule has 0 fully saturated rings. The predicted molar refractivity (Wildman–Crippen MR) is 139 cm³/mol. The number of halogens is 2. The highest BCUT2D eigenvalue weighted by Gasteiger charge is 2.14. The molecule has 4 aromatic rings. The molecule has 0 N–H and O–H groups in total. The molecule has 8 heteroatoms. The van der Waals surface area contributed by atoms with E-state index in [-0.39, 0.29) is 18.0 Å². The van der Waals surface area contributed by atoms with Crippen LogP contribution < -0.4 is 15.0 Å². The molecule has 4 rings (SSSR count). The van der Waals surface area contributed by atoms with E-state index < -0.39 is 0 Å². The van der Waals surface area contributed by atoms with Gasteiger partial charge >= 0.3 is 0 Å². The van der Waals surface area contributed by atoms with Crippen molar-refractivity contribution < 1.29 is 13.9 Å². The Kier molecular flexibility index (Phi) is 7.41. The van der Waals surface area contributed by atoms with Crippen molar-refractivity contribution in [3.8, 4) is 11.5 Å². The molecule has 35 heavy (non-hydrogen) atoms. The van der Waals surface area contributed by atoms with Crippen LogP contribution in [0, 0.1) is 12.7 Å². The molecule has 0 atom stereocenters. The Morgan fingerprint density at radius 2 is 2.03 bits per heavy atom. The number of aryl methyl sites for hydroxylation is 1. The predicted octanol–water partition coefficient (Wildman–Crippen LogP) is 5.80. The van der Waals surface area contributed by atoms with Gasteiger partial charge in [-0.2, -0.15) is 9.78 Å². The third-order valence-corrected chi connectivity index (χ3v) is 5.80. The van der Waals surface area contributed by atoms with Crippen LogP contribution in [0.2, 0.25) is 0 Å². The number of allylic oxidation sites excluding steroid dienone is 1. The highest BCUT2D eigenvalue weighted by molar-refractivity contribution is 9.10. The molecular formula is C27H23BrFN3O3. The van der Waals surface area contributed by atoms with Crippen LogP contribution >= 0.6 is 15.9 Å². The molecule has 0 saturated heterocycles. The van der Waals surface area contributed by atoms with E-state index >= 15 is 0 Å². The van der Waals surface area contributed by atoms with Gasteiger partial charge in [0, 0.05) is 10.0 Å². The minimum absolute atomic E-state index is 0.179. The van der Waals surface area contributed by atoms with Crippen LogP contribution in [-0.4, -0.2) is 23.0 Å². The highest BCUT2D eigenvalue weighted by atomic mass is 79.9. The normalized spacial score (nSPS) is 11.2. The molecule has 6 nitrogen and oxygen atoms in total. The van der Waals surface area contributed by atoms with Crippen molar-refractivity contribution >= 4 is 33.0 Å². The van der Waals surface area contributed by atoms with Crippen molar-refractivity contribution in [1.82, 2.24) is 9.66 Å². The van der Waals surface area contributed by atoms with Crippen LogP contribution in [0.4, 0.5) is 4.39 Å². The second-order valence-corrected chi connectivity index (χ2v) is 8.72. The summed E-state index contributed by atoms with van der Waals surface area (Å²) >= 11 is 3.39. The van der Waals surface area contributed by atoms with Crippen LogP contribution in [0.3, 0.4) is 0 Å². The fourth-order valence-electron chi connectivity index (χ4n) is 3.68. The van der Waals surface area contributed by atoms with Gasteiger partial charge in [-0.25, -0.2) is 9.37 Å². The molecule has 0 amide bonds. The molecule has 0 unspecified atom stereocenters. The van der Waals surface area contributed by atoms with Gasteiger partial charge < -0.3 is 9.47 Å². The van der Waals surface area contributed by atoms with Gasteiger partial charge in [-0.05, 0) is 66.9 Å². The van der Waals surface area contributed by atoms with E-state index in [2.05, 4.69) is 32.6 Å². The van der Waals surface area contributed by atoms with Gasteiger partial charge in [0.1, 0.15) is 18.2 Å². The lowest BCUT2D eigenvalue weighted by Gasteiger charge is -2.16. The van der Waals surface area contributed by atoms with Crippen LogP contribution in [0.1, 0.15) is 22.5 Å². The molecule has 178 valence electrons. The zero-order valence-electron chi connectivity index (χ0n) is 19.3. The fourth-order valence-corrected chi connectivity index (χ4v) is 4.04. The van der Waals surface area contributed by atoms with Crippen LogP contribution in [0.5, 0.6) is 11.5 Å². The second-order valence-electron chi connectivity index (χ2n) is 7.80. The zero-order chi connectivity index (χ0) is 24.9. The minimum atomic E-state index is -0.322. The zero-order valence-corrected chi connectivity index (χ0v) is 20.9. The van der Waals surface area contributed by atoms with E-state index in [4.69, 9.17) is 9.47 Å². The van der Waals surface area contributed by atoms with Crippen molar-refractivity contribution in [1.29, 1.82) is 0 Å². The third-order valence-electron chi connectivity index (χ3n) is 5.30. The fraction of sp³-hybridized carbons (Fsp3) is 0.148. The first-order valence-electron chi connectivity index (χ1n) is 10.8. The first kappa shape index (κ1) is 24.3. The number of methoxy groups -OCH3 is 1. The van der Waals surface area contributed by atoms with Gasteiger partial charge in [0.25, 0.3) is 5.56 Å². The van der Waals surface area contributed by atoms with Gasteiger partial charge in [-0.1, -0.05) is 34.1 Å². The number of fused-ring (bicyclic) bond motifs is 1. The Bertz CT molecular complexity index is 1500. The average Bonchev–Trinajstić information content (AvgIpc) is 2.83. The second kappa shape index (κ2) is 10.7. The number of rotatable bonds is 8. The monoisotopic (exact) mass is 535 g/mol. The van der Waals surface area contributed by atoms with E-state index in [9.17, 15) is 9.18 Å². The average molecular weight is 536 g/mol. The quantitative estimate of drug-likeness (QED) is 0.211. The minimum Gasteiger partial charge on any atom is -0.493 e. The SMILES string of the molecule is C=CCc1cc(C=Nn2c(C)nc3ccc(Br)cc3c2=O)cc(OC)c1OCc1cccc(F)c1. The highest BCUT2D eigenvalue weighted by Crippen LogP contribution is 2.34. The molecule has 0 aliphatic carbocycles. The van der Waals surface area contributed by atoms with Gasteiger partial charge in [0.05, 0.1) is 24.2 Å². The number of hydrogen-bond acceptors (Lipinski definition) is 5. The summed E-state index contributed by atoms with van der Waals surface area (Å²) in [7, 11) is 1.54. The molecule has 0 aliphatic heterocycles. The Labute approximate surface area is 210 Å². The Hall–Kier alpha value is -3.78. The van der Waals surface area contributed by atoms with E-state index in [1.807, 2.05) is 12.1 Å². The Morgan fingerprint density at radius 3 is 2.77 bits per heavy atom. The van der Waals surface area contributed by atoms with E-state index in [1.54, 1.807) is 56.7 Å². The number of benzene rings is 3. The molecule has 0 saturated carbocycles. The molecule has 0 radical (unpaired) electrons. The van der Waals surface area contributed by atoms with Crippen molar-refractivity contribution in [2.75, 3.05) is 7.11 Å². The summed E-state index contributed by atoms with van der Waals surface area (Å²) in [5.41, 5.74) is 2.57. The lowest BCUT2D eigenvalue weighted by molar-refractivity contribution is 0.281. The molecule has 0 bridgehead atoms. The summed E-state index contributed by atoms with van der Waals surface area (Å²) in [4.78, 5) is 17.5. The van der Waals surface area contributed by atoms with E-state index in [0.29, 0.717) is 45.8 Å². The summed E-state index contributed by atoms with van der Waals surface area (Å²) in [5, 5.41) is 4.87. The molecule has 1 aromatic heterocycles. The number of aromatic nitrogens is 2. The van der Waals surface area contributed by atoms with Crippen molar-refractivity contribution in [3.63, 3.8) is 0 Å². The summed E-state index contributed by atoms with van der Waals surface area (Å²) in [6.07, 6.45) is 3.84. The van der Waals surface area contributed by atoms with Gasteiger partial charge in [0.15, 0.2) is 11.5 Å². The van der Waals surface area contributed by atoms with Crippen molar-refractivity contribution in [2.24, 2.45) is 5.10 Å². The van der Waals surface area contributed by atoms with Crippen LogP contribution in [-0.2, 0) is 13.0 Å². The maximum absolute atomic E-state index is 13.5. The standard InChI is InChI=1S/C27H23BrFN3O3/c1-4-6-20-11-19(13-25(34-3)26(20)35-16-18-7-5-8-22(29)12-18)15-30-32-17(2)31-24-10-9-21(28)14-23(24)27(32)33/h4-5,7-15H,1,6,16H2,2-3H3. The summed E-state index contributed by atoms with van der Waals surface area (Å²) in [6, 6.07) is 15.3. The molecule has 0 aliphatic rings. The lowest BCUT2D eigenvalue weighted by Crippen LogP contribution is -2.20.